The van der Waals surface area contributed by atoms with E-state index in [-0.39, 0.29) is 0 Å². The van der Waals surface area contributed by atoms with Crippen LogP contribution in [0.3, 0.4) is 0 Å². The smallest absolute Gasteiger partial charge is 0.137 e. The second-order valence-electron chi connectivity index (χ2n) is 9.32. The van der Waals surface area contributed by atoms with Gasteiger partial charge < -0.3 is 4.90 Å². The molecule has 34 heavy (non-hydrogen) atoms. The minimum Gasteiger partial charge on any atom is -0.354 e. The number of hydrogen-bond donors (Lipinski definition) is 0. The van der Waals surface area contributed by atoms with E-state index in [2.05, 4.69) is 67.8 Å². The third-order valence-corrected chi connectivity index (χ3v) is 7.22. The van der Waals surface area contributed by atoms with Gasteiger partial charge in [-0.2, -0.15) is 0 Å². The number of anilines is 1. The van der Waals surface area contributed by atoms with E-state index in [9.17, 15) is 0 Å². The standard InChI is InChI=1S/C28H26N6/c1-2-4-25-23(3-1)24(9-11-29-25)26-19-31-28-17-20(10-12-34(26)28)21-5-8-27(30-18-21)33-15-13-32(14-16-33)22-6-7-22/h1-5,8-12,17-19,22H,6-7,13-16H2. The van der Waals surface area contributed by atoms with Crippen LogP contribution in [0.5, 0.6) is 0 Å². The molecule has 7 rings (SSSR count). The van der Waals surface area contributed by atoms with Crippen LogP contribution in [0.2, 0.25) is 0 Å². The van der Waals surface area contributed by atoms with E-state index in [1.165, 1.54) is 12.8 Å². The Kier molecular flexibility index (Phi) is 4.58. The third kappa shape index (κ3) is 3.42. The Morgan fingerprint density at radius 3 is 2.47 bits per heavy atom. The largest absolute Gasteiger partial charge is 0.354 e. The molecule has 0 spiro atoms. The summed E-state index contributed by atoms with van der Waals surface area (Å²) in [5, 5.41) is 1.13. The molecule has 0 atom stereocenters. The fourth-order valence-corrected chi connectivity index (χ4v) is 5.18. The summed E-state index contributed by atoms with van der Waals surface area (Å²) >= 11 is 0. The molecule has 0 N–H and O–H groups in total. The van der Waals surface area contributed by atoms with Gasteiger partial charge in [-0.1, -0.05) is 18.2 Å². The Morgan fingerprint density at radius 1 is 0.765 bits per heavy atom. The SMILES string of the molecule is c1ccc2c(-c3cnc4cc(-c5ccc(N6CCN(C7CC7)CC6)nc5)ccn34)ccnc2c1. The maximum Gasteiger partial charge on any atom is 0.137 e. The quantitative estimate of drug-likeness (QED) is 0.393. The Morgan fingerprint density at radius 2 is 1.65 bits per heavy atom. The fraction of sp³-hybridized carbons (Fsp3) is 0.250. The molecule has 2 fully saturated rings. The van der Waals surface area contributed by atoms with Crippen LogP contribution in [0.15, 0.2) is 79.4 Å². The maximum absolute atomic E-state index is 4.80. The predicted octanol–water partition coefficient (Wildman–Crippen LogP) is 4.90. The number of aromatic nitrogens is 4. The van der Waals surface area contributed by atoms with Crippen molar-refractivity contribution in [1.29, 1.82) is 0 Å². The molecule has 6 nitrogen and oxygen atoms in total. The van der Waals surface area contributed by atoms with E-state index in [0.29, 0.717) is 0 Å². The van der Waals surface area contributed by atoms with Gasteiger partial charge in [-0.3, -0.25) is 14.3 Å². The van der Waals surface area contributed by atoms with E-state index < -0.39 is 0 Å². The normalized spacial score (nSPS) is 17.0. The number of nitrogens with zero attached hydrogens (tertiary/aromatic N) is 6. The van der Waals surface area contributed by atoms with Crippen molar-refractivity contribution >= 4 is 22.4 Å². The van der Waals surface area contributed by atoms with E-state index in [0.717, 1.165) is 77.0 Å². The summed E-state index contributed by atoms with van der Waals surface area (Å²) in [5.74, 6) is 1.08. The maximum atomic E-state index is 4.80. The first-order chi connectivity index (χ1) is 16.8. The van der Waals surface area contributed by atoms with Gasteiger partial charge in [-0.05, 0) is 54.8 Å². The van der Waals surface area contributed by atoms with Crippen molar-refractivity contribution in [1.82, 2.24) is 24.3 Å². The highest BCUT2D eigenvalue weighted by Crippen LogP contribution is 2.31. The van der Waals surface area contributed by atoms with Gasteiger partial charge in [0.25, 0.3) is 0 Å². The number of pyridine rings is 3. The van der Waals surface area contributed by atoms with Crippen LogP contribution in [-0.4, -0.2) is 56.5 Å². The zero-order valence-electron chi connectivity index (χ0n) is 19.0. The van der Waals surface area contributed by atoms with E-state index >= 15 is 0 Å². The number of piperazine rings is 1. The average molecular weight is 447 g/mol. The molecular weight excluding hydrogens is 420 g/mol. The highest BCUT2D eigenvalue weighted by molar-refractivity contribution is 5.93. The number of hydrogen-bond acceptors (Lipinski definition) is 5. The monoisotopic (exact) mass is 446 g/mol. The van der Waals surface area contributed by atoms with Crippen LogP contribution in [0.4, 0.5) is 5.82 Å². The lowest BCUT2D eigenvalue weighted by atomic mass is 10.1. The highest BCUT2D eigenvalue weighted by Gasteiger charge is 2.31. The van der Waals surface area contributed by atoms with Crippen molar-refractivity contribution in [3.8, 4) is 22.4 Å². The minimum absolute atomic E-state index is 0.855. The molecular formula is C28H26N6. The molecule has 4 aromatic heterocycles. The summed E-state index contributed by atoms with van der Waals surface area (Å²) < 4.78 is 2.15. The number of benzene rings is 1. The lowest BCUT2D eigenvalue weighted by molar-refractivity contribution is 0.247. The number of para-hydroxylation sites is 1. The molecule has 1 aliphatic heterocycles. The molecule has 1 saturated carbocycles. The predicted molar refractivity (Wildman–Crippen MR) is 136 cm³/mol. The molecule has 1 aliphatic carbocycles. The van der Waals surface area contributed by atoms with Gasteiger partial charge in [0.15, 0.2) is 0 Å². The minimum atomic E-state index is 0.855. The van der Waals surface area contributed by atoms with Crippen molar-refractivity contribution in [2.75, 3.05) is 31.1 Å². The zero-order chi connectivity index (χ0) is 22.5. The van der Waals surface area contributed by atoms with Crippen LogP contribution in [-0.2, 0) is 0 Å². The van der Waals surface area contributed by atoms with E-state index in [4.69, 9.17) is 9.97 Å². The Hall–Kier alpha value is -3.77. The molecule has 2 aliphatic rings. The number of rotatable bonds is 4. The molecule has 5 aromatic rings. The number of imidazole rings is 1. The zero-order valence-corrected chi connectivity index (χ0v) is 19.0. The van der Waals surface area contributed by atoms with Gasteiger partial charge in [0.2, 0.25) is 0 Å². The van der Waals surface area contributed by atoms with Gasteiger partial charge in [0.1, 0.15) is 11.5 Å². The Bertz CT molecular complexity index is 1470. The fourth-order valence-electron chi connectivity index (χ4n) is 5.18. The topological polar surface area (TPSA) is 49.6 Å². The Balaban J connectivity index is 1.16. The summed E-state index contributed by atoms with van der Waals surface area (Å²) in [6.07, 6.45) is 10.7. The van der Waals surface area contributed by atoms with Crippen molar-refractivity contribution in [3.63, 3.8) is 0 Å². The van der Waals surface area contributed by atoms with Crippen molar-refractivity contribution in [2.24, 2.45) is 0 Å². The van der Waals surface area contributed by atoms with Gasteiger partial charge in [0, 0.05) is 67.3 Å². The second-order valence-corrected chi connectivity index (χ2v) is 9.32. The first-order valence-corrected chi connectivity index (χ1v) is 12.1. The summed E-state index contributed by atoms with van der Waals surface area (Å²) in [7, 11) is 0. The summed E-state index contributed by atoms with van der Waals surface area (Å²) in [6, 6.07) is 19.8. The lowest BCUT2D eigenvalue weighted by Gasteiger charge is -2.35. The van der Waals surface area contributed by atoms with E-state index in [1.807, 2.05) is 30.7 Å². The van der Waals surface area contributed by atoms with Crippen LogP contribution < -0.4 is 4.90 Å². The van der Waals surface area contributed by atoms with Crippen molar-refractivity contribution in [3.05, 3.63) is 79.4 Å². The third-order valence-electron chi connectivity index (χ3n) is 7.22. The van der Waals surface area contributed by atoms with Crippen LogP contribution >= 0.6 is 0 Å². The van der Waals surface area contributed by atoms with Gasteiger partial charge >= 0.3 is 0 Å². The molecule has 1 saturated heterocycles. The Labute approximate surface area is 198 Å². The summed E-state index contributed by atoms with van der Waals surface area (Å²) in [4.78, 5) is 19.1. The first-order valence-electron chi connectivity index (χ1n) is 12.1. The summed E-state index contributed by atoms with van der Waals surface area (Å²) in [5.41, 5.74) is 6.36. The second kappa shape index (κ2) is 7.92. The summed E-state index contributed by atoms with van der Waals surface area (Å²) in [6.45, 7) is 4.43. The van der Waals surface area contributed by atoms with Gasteiger partial charge in [-0.25, -0.2) is 9.97 Å². The average Bonchev–Trinajstić information content (AvgIpc) is 3.68. The van der Waals surface area contributed by atoms with Crippen LogP contribution in [0.1, 0.15) is 12.8 Å². The molecule has 1 aromatic carbocycles. The molecule has 5 heterocycles. The molecule has 0 unspecified atom stereocenters. The van der Waals surface area contributed by atoms with Gasteiger partial charge in [-0.15, -0.1) is 0 Å². The van der Waals surface area contributed by atoms with Crippen molar-refractivity contribution < 1.29 is 0 Å². The van der Waals surface area contributed by atoms with Crippen LogP contribution in [0, 0.1) is 0 Å². The first kappa shape index (κ1) is 19.7. The molecule has 0 amide bonds. The lowest BCUT2D eigenvalue weighted by Crippen LogP contribution is -2.47. The molecule has 6 heteroatoms. The molecule has 0 bridgehead atoms. The molecule has 168 valence electrons. The van der Waals surface area contributed by atoms with Crippen LogP contribution in [0.25, 0.3) is 38.9 Å². The van der Waals surface area contributed by atoms with Gasteiger partial charge in [0.05, 0.1) is 17.4 Å². The number of fused-ring (bicyclic) bond motifs is 2. The van der Waals surface area contributed by atoms with E-state index in [1.54, 1.807) is 0 Å². The van der Waals surface area contributed by atoms with Crippen molar-refractivity contribution in [2.45, 2.75) is 18.9 Å². The molecule has 0 radical (unpaired) electrons. The highest BCUT2D eigenvalue weighted by atomic mass is 15.3.